The quantitative estimate of drug-likeness (QED) is 0.455. The van der Waals surface area contributed by atoms with Gasteiger partial charge in [0.2, 0.25) is 11.9 Å². The lowest BCUT2D eigenvalue weighted by Crippen LogP contribution is -2.26. The van der Waals surface area contributed by atoms with Gasteiger partial charge in [0, 0.05) is 22.6 Å². The summed E-state index contributed by atoms with van der Waals surface area (Å²) in [4.78, 5) is 25.9. The Hall–Kier alpha value is -4.07. The Kier molecular flexibility index (Phi) is 5.44. The largest absolute Gasteiger partial charge is 0.497 e. The van der Waals surface area contributed by atoms with E-state index < -0.39 is 18.0 Å². The van der Waals surface area contributed by atoms with Crippen LogP contribution in [0.15, 0.2) is 63.5 Å². The Bertz CT molecular complexity index is 1240. The van der Waals surface area contributed by atoms with Crippen molar-refractivity contribution in [2.45, 2.75) is 20.0 Å². The summed E-state index contributed by atoms with van der Waals surface area (Å²) in [5, 5.41) is 7.08. The van der Waals surface area contributed by atoms with Crippen LogP contribution in [-0.2, 0) is 9.53 Å². The van der Waals surface area contributed by atoms with Crippen molar-refractivity contribution in [2.24, 2.45) is 0 Å². The number of nitrogens with one attached hydrogen (secondary N) is 1. The van der Waals surface area contributed by atoms with Crippen LogP contribution in [0.25, 0.3) is 11.0 Å². The molecule has 0 saturated carbocycles. The molecule has 4 aromatic rings. The summed E-state index contributed by atoms with van der Waals surface area (Å²) in [6.07, 6.45) is -1.21. The molecule has 2 aromatic carbocycles. The lowest BCUT2D eigenvalue weighted by Gasteiger charge is -2.16. The molecule has 1 amide bonds. The highest BCUT2D eigenvalue weighted by Gasteiger charge is 2.29. The molecule has 0 bridgehead atoms. The van der Waals surface area contributed by atoms with E-state index in [0.29, 0.717) is 28.2 Å². The van der Waals surface area contributed by atoms with Crippen molar-refractivity contribution in [1.82, 2.24) is 5.16 Å². The molecule has 8 heteroatoms. The molecule has 0 saturated heterocycles. The minimum Gasteiger partial charge on any atom is -0.497 e. The van der Waals surface area contributed by atoms with Crippen LogP contribution in [0.1, 0.15) is 33.5 Å². The van der Waals surface area contributed by atoms with E-state index in [-0.39, 0.29) is 11.6 Å². The standard InChI is InChI=1S/C23H20N2O6/c1-13-11-19(25-31-13)24-22(26)21(15-7-5-4-6-8-15)30-23(27)20-14(2)17-12-16(28-3)9-10-18(17)29-20/h4-12,21H,1-3H3,(H,24,25,26). The summed E-state index contributed by atoms with van der Waals surface area (Å²) >= 11 is 0. The van der Waals surface area contributed by atoms with Crippen LogP contribution < -0.4 is 10.1 Å². The van der Waals surface area contributed by atoms with E-state index in [1.54, 1.807) is 75.6 Å². The summed E-state index contributed by atoms with van der Waals surface area (Å²) in [6, 6.07) is 15.5. The Morgan fingerprint density at radius 1 is 1.06 bits per heavy atom. The number of fused-ring (bicyclic) bond motifs is 1. The highest BCUT2D eigenvalue weighted by molar-refractivity contribution is 5.99. The van der Waals surface area contributed by atoms with Crippen molar-refractivity contribution in [3.05, 3.63) is 77.2 Å². The van der Waals surface area contributed by atoms with E-state index in [1.165, 1.54) is 0 Å². The Balaban J connectivity index is 1.63. The molecule has 0 aliphatic rings. The first-order valence-electron chi connectivity index (χ1n) is 9.53. The third kappa shape index (κ3) is 4.13. The number of carbonyl (C=O) groups is 2. The van der Waals surface area contributed by atoms with Crippen LogP contribution in [0.3, 0.4) is 0 Å². The Labute approximate surface area is 177 Å². The number of amides is 1. The van der Waals surface area contributed by atoms with Gasteiger partial charge in [0.15, 0.2) is 5.82 Å². The summed E-state index contributed by atoms with van der Waals surface area (Å²) in [7, 11) is 1.56. The maximum absolute atomic E-state index is 13.0. The average Bonchev–Trinajstić information content (AvgIpc) is 3.34. The van der Waals surface area contributed by atoms with Crippen LogP contribution in [0.4, 0.5) is 5.82 Å². The van der Waals surface area contributed by atoms with E-state index in [2.05, 4.69) is 10.5 Å². The third-order valence-corrected chi connectivity index (χ3v) is 4.77. The number of carbonyl (C=O) groups excluding carboxylic acids is 2. The van der Waals surface area contributed by atoms with Gasteiger partial charge < -0.3 is 23.7 Å². The third-order valence-electron chi connectivity index (χ3n) is 4.77. The molecule has 0 aliphatic heterocycles. The number of methoxy groups -OCH3 is 1. The zero-order valence-corrected chi connectivity index (χ0v) is 17.2. The number of furan rings is 1. The van der Waals surface area contributed by atoms with Crippen molar-refractivity contribution < 1.29 is 28.0 Å². The molecular formula is C23H20N2O6. The zero-order chi connectivity index (χ0) is 22.0. The lowest BCUT2D eigenvalue weighted by molar-refractivity contribution is -0.125. The van der Waals surface area contributed by atoms with Gasteiger partial charge in [-0.25, -0.2) is 4.79 Å². The predicted molar refractivity (Wildman–Crippen MR) is 112 cm³/mol. The van der Waals surface area contributed by atoms with Crippen molar-refractivity contribution >= 4 is 28.7 Å². The van der Waals surface area contributed by atoms with Crippen LogP contribution in [0.2, 0.25) is 0 Å². The van der Waals surface area contributed by atoms with Crippen molar-refractivity contribution in [3.8, 4) is 5.75 Å². The minimum atomic E-state index is -1.21. The summed E-state index contributed by atoms with van der Waals surface area (Å²) in [5.74, 6) is 0.106. The normalized spacial score (nSPS) is 11.8. The van der Waals surface area contributed by atoms with Crippen LogP contribution in [0.5, 0.6) is 5.75 Å². The Morgan fingerprint density at radius 2 is 1.84 bits per heavy atom. The highest BCUT2D eigenvalue weighted by atomic mass is 16.6. The van der Waals surface area contributed by atoms with E-state index >= 15 is 0 Å². The smallest absolute Gasteiger partial charge is 0.375 e. The maximum Gasteiger partial charge on any atom is 0.375 e. The number of aromatic nitrogens is 1. The first kappa shape index (κ1) is 20.2. The van der Waals surface area contributed by atoms with Gasteiger partial charge in [-0.15, -0.1) is 0 Å². The SMILES string of the molecule is COc1ccc2oc(C(=O)OC(C(=O)Nc3cc(C)on3)c3ccccc3)c(C)c2c1. The van der Waals surface area contributed by atoms with Gasteiger partial charge in [-0.1, -0.05) is 35.5 Å². The van der Waals surface area contributed by atoms with Gasteiger partial charge in [0.25, 0.3) is 5.91 Å². The second-order valence-electron chi connectivity index (χ2n) is 6.93. The summed E-state index contributed by atoms with van der Waals surface area (Å²) in [5.41, 5.74) is 1.62. The van der Waals surface area contributed by atoms with Crippen LogP contribution >= 0.6 is 0 Å². The molecule has 4 rings (SSSR count). The molecule has 8 nitrogen and oxygen atoms in total. The number of benzene rings is 2. The topological polar surface area (TPSA) is 104 Å². The van der Waals surface area contributed by atoms with Crippen molar-refractivity contribution in [2.75, 3.05) is 12.4 Å². The van der Waals surface area contributed by atoms with Crippen LogP contribution in [-0.4, -0.2) is 24.1 Å². The van der Waals surface area contributed by atoms with Gasteiger partial charge in [0.1, 0.15) is 17.1 Å². The van der Waals surface area contributed by atoms with Gasteiger partial charge in [-0.2, -0.15) is 0 Å². The Morgan fingerprint density at radius 3 is 2.52 bits per heavy atom. The molecule has 1 unspecified atom stereocenters. The highest BCUT2D eigenvalue weighted by Crippen LogP contribution is 2.30. The minimum absolute atomic E-state index is 0.0225. The molecule has 0 aliphatic carbocycles. The number of hydrogen-bond donors (Lipinski definition) is 1. The zero-order valence-electron chi connectivity index (χ0n) is 17.2. The van der Waals surface area contributed by atoms with E-state index in [1.807, 2.05) is 0 Å². The number of anilines is 1. The summed E-state index contributed by atoms with van der Waals surface area (Å²) in [6.45, 7) is 3.45. The molecule has 158 valence electrons. The van der Waals surface area contributed by atoms with E-state index in [9.17, 15) is 9.59 Å². The fraction of sp³-hybridized carbons (Fsp3) is 0.174. The number of aryl methyl sites for hydroxylation is 2. The fourth-order valence-corrected chi connectivity index (χ4v) is 3.20. The number of hydrogen-bond acceptors (Lipinski definition) is 7. The van der Waals surface area contributed by atoms with Crippen molar-refractivity contribution in [1.29, 1.82) is 0 Å². The number of nitrogens with zero attached hydrogens (tertiary/aromatic N) is 1. The number of rotatable bonds is 6. The first-order chi connectivity index (χ1) is 15.0. The van der Waals surface area contributed by atoms with Gasteiger partial charge in [0.05, 0.1) is 7.11 Å². The van der Waals surface area contributed by atoms with E-state index in [0.717, 1.165) is 5.39 Å². The van der Waals surface area contributed by atoms with Gasteiger partial charge in [-0.05, 0) is 32.0 Å². The molecule has 1 atom stereocenters. The van der Waals surface area contributed by atoms with Crippen LogP contribution in [0, 0.1) is 13.8 Å². The molecule has 2 heterocycles. The maximum atomic E-state index is 13.0. The second kappa shape index (κ2) is 8.35. The lowest BCUT2D eigenvalue weighted by atomic mass is 10.1. The fourth-order valence-electron chi connectivity index (χ4n) is 3.20. The molecule has 1 N–H and O–H groups in total. The molecule has 0 spiro atoms. The first-order valence-corrected chi connectivity index (χ1v) is 9.53. The number of ether oxygens (including phenoxy) is 2. The average molecular weight is 420 g/mol. The predicted octanol–water partition coefficient (Wildman–Crippen LogP) is 4.58. The molecule has 0 radical (unpaired) electrons. The van der Waals surface area contributed by atoms with Gasteiger partial charge >= 0.3 is 5.97 Å². The molecule has 0 fully saturated rings. The molecule has 2 aromatic heterocycles. The molecular weight excluding hydrogens is 400 g/mol. The van der Waals surface area contributed by atoms with E-state index in [4.69, 9.17) is 18.4 Å². The summed E-state index contributed by atoms with van der Waals surface area (Å²) < 4.78 is 21.5. The van der Waals surface area contributed by atoms with Crippen molar-refractivity contribution in [3.63, 3.8) is 0 Å². The molecule has 31 heavy (non-hydrogen) atoms. The number of esters is 1. The van der Waals surface area contributed by atoms with Gasteiger partial charge in [-0.3, -0.25) is 4.79 Å². The second-order valence-corrected chi connectivity index (χ2v) is 6.93. The monoisotopic (exact) mass is 420 g/mol.